The van der Waals surface area contributed by atoms with E-state index in [4.69, 9.17) is 5.73 Å². The summed E-state index contributed by atoms with van der Waals surface area (Å²) in [6, 6.07) is 1.96. The van der Waals surface area contributed by atoms with Crippen LogP contribution in [0, 0.1) is 0 Å². The summed E-state index contributed by atoms with van der Waals surface area (Å²) in [7, 11) is 0. The summed E-state index contributed by atoms with van der Waals surface area (Å²) in [4.78, 5) is 8.56. The van der Waals surface area contributed by atoms with Crippen molar-refractivity contribution in [2.24, 2.45) is 5.73 Å². The van der Waals surface area contributed by atoms with Crippen molar-refractivity contribution in [3.8, 4) is 0 Å². The van der Waals surface area contributed by atoms with Crippen LogP contribution in [0.1, 0.15) is 18.3 Å². The third-order valence-electron chi connectivity index (χ3n) is 1.57. The Hall–Kier alpha value is -0.610. The predicted molar refractivity (Wildman–Crippen MR) is 51.1 cm³/mol. The van der Waals surface area contributed by atoms with Crippen molar-refractivity contribution in [3.05, 3.63) is 17.5 Å². The number of aryl methyl sites for hydroxylation is 1. The molecule has 0 aromatic carbocycles. The summed E-state index contributed by atoms with van der Waals surface area (Å²) in [5.74, 6) is 0. The fourth-order valence-corrected chi connectivity index (χ4v) is 1.32. The second-order valence-corrected chi connectivity index (χ2v) is 3.17. The summed E-state index contributed by atoms with van der Waals surface area (Å²) in [6.07, 6.45) is 2.90. The standard InChI is InChI=1S/C8H13N3S/c1-3-6-4-7(5-9)11-8(10-6)12-2/h4H,3,5,9H2,1-2H3. The van der Waals surface area contributed by atoms with Gasteiger partial charge >= 0.3 is 0 Å². The Balaban J connectivity index is 3.01. The van der Waals surface area contributed by atoms with E-state index in [0.29, 0.717) is 6.54 Å². The predicted octanol–water partition coefficient (Wildman–Crippen LogP) is 1.22. The number of nitrogens with two attached hydrogens (primary N) is 1. The fraction of sp³-hybridized carbons (Fsp3) is 0.500. The van der Waals surface area contributed by atoms with E-state index in [1.54, 1.807) is 11.8 Å². The lowest BCUT2D eigenvalue weighted by Crippen LogP contribution is -2.03. The summed E-state index contributed by atoms with van der Waals surface area (Å²) >= 11 is 1.55. The maximum absolute atomic E-state index is 5.50. The molecular formula is C8H13N3S. The van der Waals surface area contributed by atoms with Gasteiger partial charge in [-0.25, -0.2) is 9.97 Å². The molecule has 0 atom stereocenters. The van der Waals surface area contributed by atoms with E-state index >= 15 is 0 Å². The van der Waals surface area contributed by atoms with E-state index in [0.717, 1.165) is 23.0 Å². The highest BCUT2D eigenvalue weighted by atomic mass is 32.2. The molecule has 0 unspecified atom stereocenters. The largest absolute Gasteiger partial charge is 0.325 e. The zero-order valence-electron chi connectivity index (χ0n) is 7.37. The molecule has 4 heteroatoms. The van der Waals surface area contributed by atoms with Crippen LogP contribution in [0.5, 0.6) is 0 Å². The Morgan fingerprint density at radius 2 is 2.08 bits per heavy atom. The molecule has 0 saturated heterocycles. The average Bonchev–Trinajstić information content (AvgIpc) is 2.16. The molecule has 2 N–H and O–H groups in total. The van der Waals surface area contributed by atoms with Crippen LogP contribution in [0.25, 0.3) is 0 Å². The first-order chi connectivity index (χ1) is 5.80. The van der Waals surface area contributed by atoms with Crippen molar-refractivity contribution in [1.29, 1.82) is 0 Å². The van der Waals surface area contributed by atoms with Crippen LogP contribution in [-0.2, 0) is 13.0 Å². The highest BCUT2D eigenvalue weighted by molar-refractivity contribution is 7.98. The summed E-state index contributed by atoms with van der Waals surface area (Å²) in [6.45, 7) is 2.57. The zero-order valence-corrected chi connectivity index (χ0v) is 8.19. The average molecular weight is 183 g/mol. The molecular weight excluding hydrogens is 170 g/mol. The smallest absolute Gasteiger partial charge is 0.187 e. The molecule has 0 saturated carbocycles. The first kappa shape index (κ1) is 9.48. The second kappa shape index (κ2) is 4.42. The minimum atomic E-state index is 0.489. The van der Waals surface area contributed by atoms with Gasteiger partial charge in [-0.3, -0.25) is 0 Å². The molecule has 12 heavy (non-hydrogen) atoms. The lowest BCUT2D eigenvalue weighted by molar-refractivity contribution is 0.832. The summed E-state index contributed by atoms with van der Waals surface area (Å²) in [5.41, 5.74) is 7.48. The van der Waals surface area contributed by atoms with Crippen LogP contribution in [0.2, 0.25) is 0 Å². The van der Waals surface area contributed by atoms with Gasteiger partial charge in [0, 0.05) is 12.2 Å². The summed E-state index contributed by atoms with van der Waals surface area (Å²) < 4.78 is 0. The van der Waals surface area contributed by atoms with E-state index in [9.17, 15) is 0 Å². The van der Waals surface area contributed by atoms with Crippen LogP contribution in [0.3, 0.4) is 0 Å². The topological polar surface area (TPSA) is 51.8 Å². The van der Waals surface area contributed by atoms with Crippen molar-refractivity contribution in [2.45, 2.75) is 25.0 Å². The first-order valence-electron chi connectivity index (χ1n) is 3.91. The Morgan fingerprint density at radius 1 is 1.42 bits per heavy atom. The number of thioether (sulfide) groups is 1. The van der Waals surface area contributed by atoms with Gasteiger partial charge in [-0.1, -0.05) is 18.7 Å². The molecule has 0 aliphatic heterocycles. The van der Waals surface area contributed by atoms with Crippen LogP contribution in [-0.4, -0.2) is 16.2 Å². The molecule has 3 nitrogen and oxygen atoms in total. The minimum absolute atomic E-state index is 0.489. The minimum Gasteiger partial charge on any atom is -0.325 e. The van der Waals surface area contributed by atoms with E-state index in [-0.39, 0.29) is 0 Å². The highest BCUT2D eigenvalue weighted by Crippen LogP contribution is 2.10. The van der Waals surface area contributed by atoms with Gasteiger partial charge < -0.3 is 5.73 Å². The van der Waals surface area contributed by atoms with Gasteiger partial charge in [0.25, 0.3) is 0 Å². The molecule has 1 aromatic rings. The van der Waals surface area contributed by atoms with Crippen molar-refractivity contribution in [2.75, 3.05) is 6.26 Å². The fourth-order valence-electron chi connectivity index (χ4n) is 0.905. The SMILES string of the molecule is CCc1cc(CN)nc(SC)n1. The van der Waals surface area contributed by atoms with Gasteiger partial charge in [0.2, 0.25) is 0 Å². The van der Waals surface area contributed by atoms with Gasteiger partial charge in [0.1, 0.15) is 0 Å². The molecule has 0 radical (unpaired) electrons. The first-order valence-corrected chi connectivity index (χ1v) is 5.13. The van der Waals surface area contributed by atoms with Gasteiger partial charge in [-0.05, 0) is 18.7 Å². The van der Waals surface area contributed by atoms with Gasteiger partial charge in [0.05, 0.1) is 5.69 Å². The van der Waals surface area contributed by atoms with Crippen molar-refractivity contribution in [3.63, 3.8) is 0 Å². The van der Waals surface area contributed by atoms with Crippen molar-refractivity contribution < 1.29 is 0 Å². The number of nitrogens with zero attached hydrogens (tertiary/aromatic N) is 2. The molecule has 0 bridgehead atoms. The molecule has 1 aromatic heterocycles. The van der Waals surface area contributed by atoms with Crippen LogP contribution in [0.4, 0.5) is 0 Å². The zero-order chi connectivity index (χ0) is 8.97. The number of aromatic nitrogens is 2. The third kappa shape index (κ3) is 2.19. The van der Waals surface area contributed by atoms with Gasteiger partial charge in [-0.15, -0.1) is 0 Å². The Kier molecular flexibility index (Phi) is 3.49. The maximum Gasteiger partial charge on any atom is 0.187 e. The molecule has 1 heterocycles. The van der Waals surface area contributed by atoms with Crippen LogP contribution >= 0.6 is 11.8 Å². The lowest BCUT2D eigenvalue weighted by atomic mass is 10.3. The second-order valence-electron chi connectivity index (χ2n) is 2.39. The number of hydrogen-bond acceptors (Lipinski definition) is 4. The molecule has 0 fully saturated rings. The molecule has 0 aliphatic rings. The van der Waals surface area contributed by atoms with E-state index in [1.807, 2.05) is 12.3 Å². The van der Waals surface area contributed by atoms with E-state index < -0.39 is 0 Å². The molecule has 0 spiro atoms. The lowest BCUT2D eigenvalue weighted by Gasteiger charge is -2.02. The van der Waals surface area contributed by atoms with Gasteiger partial charge in [-0.2, -0.15) is 0 Å². The Morgan fingerprint density at radius 3 is 2.58 bits per heavy atom. The van der Waals surface area contributed by atoms with Crippen LogP contribution in [0.15, 0.2) is 11.2 Å². The van der Waals surface area contributed by atoms with E-state index in [2.05, 4.69) is 16.9 Å². The number of hydrogen-bond donors (Lipinski definition) is 1. The molecule has 1 rings (SSSR count). The maximum atomic E-state index is 5.50. The molecule has 0 amide bonds. The van der Waals surface area contributed by atoms with Crippen molar-refractivity contribution in [1.82, 2.24) is 9.97 Å². The Bertz CT molecular complexity index is 207. The third-order valence-corrected chi connectivity index (χ3v) is 2.11. The van der Waals surface area contributed by atoms with E-state index in [1.165, 1.54) is 0 Å². The Labute approximate surface area is 76.8 Å². The van der Waals surface area contributed by atoms with Crippen LogP contribution < -0.4 is 5.73 Å². The number of rotatable bonds is 3. The van der Waals surface area contributed by atoms with Crippen molar-refractivity contribution >= 4 is 11.8 Å². The highest BCUT2D eigenvalue weighted by Gasteiger charge is 2.00. The summed E-state index contributed by atoms with van der Waals surface area (Å²) in [5, 5.41) is 0.815. The quantitative estimate of drug-likeness (QED) is 0.565. The molecule has 66 valence electrons. The van der Waals surface area contributed by atoms with Gasteiger partial charge in [0.15, 0.2) is 5.16 Å². The molecule has 0 aliphatic carbocycles. The normalized spacial score (nSPS) is 10.2. The monoisotopic (exact) mass is 183 g/mol.